The molecule has 1 aliphatic heterocycles. The second kappa shape index (κ2) is 9.06. The highest BCUT2D eigenvalue weighted by Gasteiger charge is 2.22. The van der Waals surface area contributed by atoms with E-state index in [-0.39, 0.29) is 17.4 Å². The van der Waals surface area contributed by atoms with Crippen LogP contribution in [0, 0.1) is 5.92 Å². The fourth-order valence-corrected chi connectivity index (χ4v) is 4.88. The zero-order valence-corrected chi connectivity index (χ0v) is 16.7. The molecular weight excluding hydrogens is 384 g/mol. The van der Waals surface area contributed by atoms with Crippen LogP contribution in [0.4, 0.5) is 0 Å². The second-order valence-electron chi connectivity index (χ2n) is 7.12. The van der Waals surface area contributed by atoms with Crippen molar-refractivity contribution >= 4 is 21.6 Å². The smallest absolute Gasteiger partial charge is 0.215 e. The van der Waals surface area contributed by atoms with Crippen LogP contribution in [0.3, 0.4) is 0 Å². The third-order valence-corrected chi connectivity index (χ3v) is 6.44. The van der Waals surface area contributed by atoms with Gasteiger partial charge in [0.1, 0.15) is 5.75 Å². The van der Waals surface area contributed by atoms with Crippen molar-refractivity contribution in [1.29, 1.82) is 0 Å². The number of hydrogen-bond donors (Lipinski definition) is 2. The minimum atomic E-state index is -3.33. The quantitative estimate of drug-likeness (QED) is 0.736. The number of nitrogens with one attached hydrogen (secondary N) is 1. The number of benzene rings is 2. The topological polar surface area (TPSA) is 69.6 Å². The molecule has 1 fully saturated rings. The van der Waals surface area contributed by atoms with Crippen molar-refractivity contribution in [3.05, 3.63) is 64.7 Å². The Morgan fingerprint density at radius 3 is 2.67 bits per heavy atom. The van der Waals surface area contributed by atoms with Gasteiger partial charge in [-0.3, -0.25) is 4.90 Å². The molecule has 2 N–H and O–H groups in total. The number of likely N-dealkylation sites (tertiary alicyclic amines) is 1. The maximum Gasteiger partial charge on any atom is 0.215 e. The summed E-state index contributed by atoms with van der Waals surface area (Å²) in [4.78, 5) is 2.31. The molecule has 7 heteroatoms. The van der Waals surface area contributed by atoms with Gasteiger partial charge in [0.2, 0.25) is 10.0 Å². The summed E-state index contributed by atoms with van der Waals surface area (Å²) < 4.78 is 27.4. The lowest BCUT2D eigenvalue weighted by molar-refractivity contribution is 0.169. The van der Waals surface area contributed by atoms with Gasteiger partial charge in [-0.15, -0.1) is 0 Å². The van der Waals surface area contributed by atoms with Gasteiger partial charge in [-0.2, -0.15) is 0 Å². The normalized spacial score (nSPS) is 18.5. The highest BCUT2D eigenvalue weighted by Crippen LogP contribution is 2.25. The summed E-state index contributed by atoms with van der Waals surface area (Å²) in [6, 6.07) is 14.5. The van der Waals surface area contributed by atoms with Gasteiger partial charge in [0.15, 0.2) is 0 Å². The van der Waals surface area contributed by atoms with Gasteiger partial charge in [-0.05, 0) is 48.6 Å². The number of piperidine rings is 1. The van der Waals surface area contributed by atoms with Crippen LogP contribution in [0.2, 0.25) is 5.02 Å². The van der Waals surface area contributed by atoms with E-state index >= 15 is 0 Å². The average molecular weight is 409 g/mol. The Bertz CT molecular complexity index is 859. The van der Waals surface area contributed by atoms with Crippen LogP contribution < -0.4 is 4.72 Å². The zero-order chi connectivity index (χ0) is 19.3. The fraction of sp³-hybridized carbons (Fsp3) is 0.400. The Labute approximate surface area is 166 Å². The van der Waals surface area contributed by atoms with E-state index in [2.05, 4.69) is 9.62 Å². The molecule has 0 saturated carbocycles. The van der Waals surface area contributed by atoms with Crippen molar-refractivity contribution in [2.24, 2.45) is 5.92 Å². The number of sulfonamides is 1. The van der Waals surface area contributed by atoms with Crippen molar-refractivity contribution in [3.8, 4) is 5.75 Å². The van der Waals surface area contributed by atoms with Gasteiger partial charge in [0.05, 0.1) is 10.8 Å². The van der Waals surface area contributed by atoms with E-state index in [0.29, 0.717) is 11.6 Å². The summed E-state index contributed by atoms with van der Waals surface area (Å²) in [5.41, 5.74) is 1.84. The molecule has 1 atom stereocenters. The molecule has 3 rings (SSSR count). The second-order valence-corrected chi connectivity index (χ2v) is 9.34. The van der Waals surface area contributed by atoms with Crippen molar-refractivity contribution in [2.45, 2.75) is 25.1 Å². The Hall–Kier alpha value is -1.60. The maximum atomic E-state index is 12.3. The number of rotatable bonds is 7. The number of nitrogens with zero attached hydrogens (tertiary/aromatic N) is 1. The first kappa shape index (κ1) is 20.1. The summed E-state index contributed by atoms with van der Waals surface area (Å²) in [7, 11) is -3.33. The predicted octanol–water partition coefficient (Wildman–Crippen LogP) is 3.38. The Balaban J connectivity index is 1.51. The Morgan fingerprint density at radius 2 is 1.93 bits per heavy atom. The number of halogens is 1. The van der Waals surface area contributed by atoms with Crippen LogP contribution >= 0.6 is 11.6 Å². The van der Waals surface area contributed by atoms with Crippen molar-refractivity contribution in [3.63, 3.8) is 0 Å². The standard InChI is InChI=1S/C20H25ClN2O3S/c21-19-11-17(8-9-20(19)24)13-23-10-4-7-18(14-23)12-22-27(25,26)15-16-5-2-1-3-6-16/h1-3,5-6,8-9,11,18,22,24H,4,7,10,12-15H2. The SMILES string of the molecule is O=S(=O)(Cc1ccccc1)NCC1CCCN(Cc2ccc(O)c(Cl)c2)C1. The molecule has 0 aliphatic carbocycles. The molecule has 5 nitrogen and oxygen atoms in total. The van der Waals surface area contributed by atoms with Crippen molar-refractivity contribution in [2.75, 3.05) is 19.6 Å². The first-order chi connectivity index (χ1) is 12.9. The van der Waals surface area contributed by atoms with Gasteiger partial charge in [-0.25, -0.2) is 13.1 Å². The highest BCUT2D eigenvalue weighted by molar-refractivity contribution is 7.88. The molecule has 0 amide bonds. The van der Waals surface area contributed by atoms with E-state index in [4.69, 9.17) is 11.6 Å². The number of phenols is 1. The number of phenolic OH excluding ortho intramolecular Hbond substituents is 1. The molecule has 1 unspecified atom stereocenters. The van der Waals surface area contributed by atoms with Crippen molar-refractivity contribution in [1.82, 2.24) is 9.62 Å². The van der Waals surface area contributed by atoms with Crippen LogP contribution in [-0.4, -0.2) is 38.1 Å². The molecule has 27 heavy (non-hydrogen) atoms. The van der Waals surface area contributed by atoms with E-state index in [1.165, 1.54) is 0 Å². The van der Waals surface area contributed by atoms with E-state index in [1.807, 2.05) is 36.4 Å². The lowest BCUT2D eigenvalue weighted by atomic mass is 9.98. The van der Waals surface area contributed by atoms with E-state index < -0.39 is 10.0 Å². The summed E-state index contributed by atoms with van der Waals surface area (Å²) in [6.45, 7) is 3.02. The first-order valence-electron chi connectivity index (χ1n) is 9.12. The minimum Gasteiger partial charge on any atom is -0.506 e. The first-order valence-corrected chi connectivity index (χ1v) is 11.2. The molecule has 2 aromatic carbocycles. The monoisotopic (exact) mass is 408 g/mol. The third-order valence-electron chi connectivity index (χ3n) is 4.81. The van der Waals surface area contributed by atoms with Gasteiger partial charge in [0, 0.05) is 19.6 Å². The van der Waals surface area contributed by atoms with Crippen LogP contribution in [-0.2, 0) is 22.3 Å². The molecule has 1 aliphatic rings. The third kappa shape index (κ3) is 6.21. The minimum absolute atomic E-state index is 0.0102. The Morgan fingerprint density at radius 1 is 1.15 bits per heavy atom. The average Bonchev–Trinajstić information content (AvgIpc) is 2.64. The molecule has 1 heterocycles. The zero-order valence-electron chi connectivity index (χ0n) is 15.1. The molecule has 0 spiro atoms. The highest BCUT2D eigenvalue weighted by atomic mass is 35.5. The van der Waals surface area contributed by atoms with Gasteiger partial charge in [0.25, 0.3) is 0 Å². The largest absolute Gasteiger partial charge is 0.506 e. The van der Waals surface area contributed by atoms with Gasteiger partial charge in [-0.1, -0.05) is 48.0 Å². The van der Waals surface area contributed by atoms with E-state index in [1.54, 1.807) is 12.1 Å². The van der Waals surface area contributed by atoms with Crippen LogP contribution in [0.15, 0.2) is 48.5 Å². The summed E-state index contributed by atoms with van der Waals surface area (Å²) in [5.74, 6) is 0.387. The summed E-state index contributed by atoms with van der Waals surface area (Å²) in [6.07, 6.45) is 2.05. The number of aromatic hydroxyl groups is 1. The Kier molecular flexibility index (Phi) is 6.76. The fourth-order valence-electron chi connectivity index (χ4n) is 3.46. The van der Waals surface area contributed by atoms with Gasteiger partial charge < -0.3 is 5.11 Å². The molecule has 0 bridgehead atoms. The van der Waals surface area contributed by atoms with E-state index in [9.17, 15) is 13.5 Å². The maximum absolute atomic E-state index is 12.3. The molecule has 146 valence electrons. The molecule has 0 radical (unpaired) electrons. The molecule has 2 aromatic rings. The summed E-state index contributed by atoms with van der Waals surface area (Å²) >= 11 is 5.98. The van der Waals surface area contributed by atoms with Gasteiger partial charge >= 0.3 is 0 Å². The molecule has 1 saturated heterocycles. The van der Waals surface area contributed by atoms with E-state index in [0.717, 1.165) is 43.6 Å². The van der Waals surface area contributed by atoms with Crippen LogP contribution in [0.1, 0.15) is 24.0 Å². The lowest BCUT2D eigenvalue weighted by Crippen LogP contribution is -2.40. The predicted molar refractivity (Wildman–Crippen MR) is 108 cm³/mol. The van der Waals surface area contributed by atoms with Crippen molar-refractivity contribution < 1.29 is 13.5 Å². The molecular formula is C20H25ClN2O3S. The molecule has 0 aromatic heterocycles. The van der Waals surface area contributed by atoms with Crippen LogP contribution in [0.5, 0.6) is 5.75 Å². The number of hydrogen-bond acceptors (Lipinski definition) is 4. The lowest BCUT2D eigenvalue weighted by Gasteiger charge is -2.32. The summed E-state index contributed by atoms with van der Waals surface area (Å²) in [5, 5.41) is 9.89. The van der Waals surface area contributed by atoms with Crippen LogP contribution in [0.25, 0.3) is 0 Å².